The van der Waals surface area contributed by atoms with Crippen molar-refractivity contribution < 1.29 is 4.42 Å². The van der Waals surface area contributed by atoms with E-state index in [1.54, 1.807) is 0 Å². The molecule has 0 fully saturated rings. The Morgan fingerprint density at radius 2 is 1.15 bits per heavy atom. The summed E-state index contributed by atoms with van der Waals surface area (Å²) < 4.78 is 6.59. The van der Waals surface area contributed by atoms with Crippen molar-refractivity contribution in [1.29, 1.82) is 0 Å². The van der Waals surface area contributed by atoms with E-state index in [0.29, 0.717) is 0 Å². The standard InChI is InChI=1S/C32H31NO/c1-31(2,3)27-19-20-29-28(21-27)33-30(34-29)32(26-17-11-6-12-18-26,22-24-13-7-4-8-14-24)23-25-15-9-5-10-16-25/h4-21H,22-23H2,1-3H3. The molecular weight excluding hydrogens is 414 g/mol. The maximum absolute atomic E-state index is 6.59. The number of nitrogens with zero attached hydrogens (tertiary/aromatic N) is 1. The molecule has 0 aliphatic carbocycles. The van der Waals surface area contributed by atoms with Crippen molar-refractivity contribution in [2.45, 2.75) is 44.4 Å². The van der Waals surface area contributed by atoms with Crippen LogP contribution >= 0.6 is 0 Å². The van der Waals surface area contributed by atoms with E-state index >= 15 is 0 Å². The van der Waals surface area contributed by atoms with Crippen LogP contribution in [0.15, 0.2) is 114 Å². The minimum absolute atomic E-state index is 0.0535. The van der Waals surface area contributed by atoms with Gasteiger partial charge in [-0.05, 0) is 52.6 Å². The number of benzene rings is 4. The van der Waals surface area contributed by atoms with Crippen LogP contribution in [0.25, 0.3) is 11.1 Å². The molecule has 170 valence electrons. The van der Waals surface area contributed by atoms with E-state index in [1.165, 1.54) is 22.3 Å². The van der Waals surface area contributed by atoms with Gasteiger partial charge in [0.05, 0.1) is 5.41 Å². The largest absolute Gasteiger partial charge is 0.440 e. The molecule has 0 aliphatic rings. The van der Waals surface area contributed by atoms with Crippen molar-refractivity contribution in [3.05, 3.63) is 137 Å². The molecule has 0 spiro atoms. The normalized spacial score (nSPS) is 12.2. The zero-order chi connectivity index (χ0) is 23.6. The quantitative estimate of drug-likeness (QED) is 0.265. The van der Waals surface area contributed by atoms with Gasteiger partial charge in [0.25, 0.3) is 0 Å². The Morgan fingerprint density at radius 3 is 1.68 bits per heavy atom. The molecule has 0 saturated heterocycles. The van der Waals surface area contributed by atoms with E-state index in [-0.39, 0.29) is 5.41 Å². The lowest BCUT2D eigenvalue weighted by Crippen LogP contribution is -2.33. The first-order valence-electron chi connectivity index (χ1n) is 12.0. The molecule has 0 saturated carbocycles. The van der Waals surface area contributed by atoms with Crippen molar-refractivity contribution in [1.82, 2.24) is 4.98 Å². The second-order valence-electron chi connectivity index (χ2n) is 10.2. The van der Waals surface area contributed by atoms with Crippen molar-refractivity contribution in [3.63, 3.8) is 0 Å². The summed E-state index contributed by atoms with van der Waals surface area (Å²) in [5.74, 6) is 0.771. The Morgan fingerprint density at radius 1 is 0.618 bits per heavy atom. The maximum atomic E-state index is 6.59. The van der Waals surface area contributed by atoms with Gasteiger partial charge in [0.2, 0.25) is 5.89 Å². The van der Waals surface area contributed by atoms with Gasteiger partial charge in [-0.2, -0.15) is 0 Å². The lowest BCUT2D eigenvalue weighted by atomic mass is 9.71. The minimum Gasteiger partial charge on any atom is -0.440 e. The van der Waals surface area contributed by atoms with E-state index in [2.05, 4.69) is 130 Å². The predicted molar refractivity (Wildman–Crippen MR) is 140 cm³/mol. The summed E-state index contributed by atoms with van der Waals surface area (Å²) in [6.45, 7) is 6.69. The van der Waals surface area contributed by atoms with Crippen LogP contribution in [0.1, 0.15) is 48.9 Å². The van der Waals surface area contributed by atoms with Crippen LogP contribution in [-0.4, -0.2) is 4.98 Å². The lowest BCUT2D eigenvalue weighted by Gasteiger charge is -2.32. The average molecular weight is 446 g/mol. The number of aromatic nitrogens is 1. The monoisotopic (exact) mass is 445 g/mol. The first-order valence-corrected chi connectivity index (χ1v) is 12.0. The summed E-state index contributed by atoms with van der Waals surface area (Å²) in [6.07, 6.45) is 1.59. The molecule has 0 atom stereocenters. The van der Waals surface area contributed by atoms with Gasteiger partial charge in [-0.1, -0.05) is 118 Å². The van der Waals surface area contributed by atoms with E-state index in [4.69, 9.17) is 9.40 Å². The third kappa shape index (κ3) is 4.41. The Hall–Kier alpha value is -3.65. The molecule has 5 aromatic rings. The van der Waals surface area contributed by atoms with Crippen molar-refractivity contribution in [3.8, 4) is 0 Å². The summed E-state index contributed by atoms with van der Waals surface area (Å²) in [5, 5.41) is 0. The predicted octanol–water partition coefficient (Wildman–Crippen LogP) is 7.90. The highest BCUT2D eigenvalue weighted by Gasteiger charge is 2.40. The summed E-state index contributed by atoms with van der Waals surface area (Å²) in [5.41, 5.74) is 6.37. The van der Waals surface area contributed by atoms with E-state index in [0.717, 1.165) is 29.8 Å². The molecule has 1 heterocycles. The second kappa shape index (κ2) is 8.95. The Bertz CT molecular complexity index is 1320. The third-order valence-electron chi connectivity index (χ3n) is 6.69. The topological polar surface area (TPSA) is 26.0 Å². The van der Waals surface area contributed by atoms with Crippen LogP contribution in [0.3, 0.4) is 0 Å². The average Bonchev–Trinajstić information content (AvgIpc) is 3.29. The number of oxazole rings is 1. The van der Waals surface area contributed by atoms with Gasteiger partial charge < -0.3 is 4.42 Å². The first-order chi connectivity index (χ1) is 16.4. The first kappa shape index (κ1) is 22.2. The molecule has 1 aromatic heterocycles. The number of hydrogen-bond donors (Lipinski definition) is 0. The van der Waals surface area contributed by atoms with E-state index in [9.17, 15) is 0 Å². The highest BCUT2D eigenvalue weighted by molar-refractivity contribution is 5.74. The molecule has 0 aliphatic heterocycles. The van der Waals surface area contributed by atoms with Gasteiger partial charge in [-0.25, -0.2) is 4.98 Å². The summed E-state index contributed by atoms with van der Waals surface area (Å²) in [4.78, 5) is 5.16. The highest BCUT2D eigenvalue weighted by atomic mass is 16.3. The maximum Gasteiger partial charge on any atom is 0.206 e. The highest BCUT2D eigenvalue weighted by Crippen LogP contribution is 2.40. The Labute approximate surface area is 202 Å². The van der Waals surface area contributed by atoms with Crippen LogP contribution in [0, 0.1) is 0 Å². The molecule has 0 unspecified atom stereocenters. The summed E-state index contributed by atoms with van der Waals surface area (Å²) in [7, 11) is 0. The fourth-order valence-corrected chi connectivity index (χ4v) is 4.79. The van der Waals surface area contributed by atoms with E-state index in [1.807, 2.05) is 0 Å². The van der Waals surface area contributed by atoms with Crippen LogP contribution in [0.2, 0.25) is 0 Å². The Balaban J connectivity index is 1.73. The fraction of sp³-hybridized carbons (Fsp3) is 0.219. The summed E-state index contributed by atoms with van der Waals surface area (Å²) in [6, 6.07) is 38.5. The molecule has 0 radical (unpaired) electrons. The lowest BCUT2D eigenvalue weighted by molar-refractivity contribution is 0.377. The van der Waals surface area contributed by atoms with Gasteiger partial charge in [0, 0.05) is 0 Å². The van der Waals surface area contributed by atoms with Gasteiger partial charge in [0.1, 0.15) is 5.52 Å². The molecule has 2 nitrogen and oxygen atoms in total. The van der Waals surface area contributed by atoms with Gasteiger partial charge in [-0.15, -0.1) is 0 Å². The van der Waals surface area contributed by atoms with E-state index < -0.39 is 5.41 Å². The SMILES string of the molecule is CC(C)(C)c1ccc2oc(C(Cc3ccccc3)(Cc3ccccc3)c3ccccc3)nc2c1. The number of rotatable bonds is 6. The molecule has 0 bridgehead atoms. The molecule has 2 heteroatoms. The number of fused-ring (bicyclic) bond motifs is 1. The Kier molecular flexibility index (Phi) is 5.83. The van der Waals surface area contributed by atoms with Crippen LogP contribution in [-0.2, 0) is 23.7 Å². The molecule has 5 rings (SSSR count). The molecule has 4 aromatic carbocycles. The summed E-state index contributed by atoms with van der Waals surface area (Å²) >= 11 is 0. The number of hydrogen-bond acceptors (Lipinski definition) is 2. The second-order valence-corrected chi connectivity index (χ2v) is 10.2. The zero-order valence-electron chi connectivity index (χ0n) is 20.2. The van der Waals surface area contributed by atoms with Crippen molar-refractivity contribution >= 4 is 11.1 Å². The molecule has 34 heavy (non-hydrogen) atoms. The van der Waals surface area contributed by atoms with Crippen LogP contribution in [0.5, 0.6) is 0 Å². The van der Waals surface area contributed by atoms with Crippen molar-refractivity contribution in [2.24, 2.45) is 0 Å². The zero-order valence-corrected chi connectivity index (χ0v) is 20.2. The minimum atomic E-state index is -0.440. The van der Waals surface area contributed by atoms with Crippen LogP contribution < -0.4 is 0 Å². The van der Waals surface area contributed by atoms with Gasteiger partial charge in [-0.3, -0.25) is 0 Å². The molecular formula is C32H31NO. The van der Waals surface area contributed by atoms with Gasteiger partial charge >= 0.3 is 0 Å². The smallest absolute Gasteiger partial charge is 0.206 e. The van der Waals surface area contributed by atoms with Crippen molar-refractivity contribution in [2.75, 3.05) is 0 Å². The van der Waals surface area contributed by atoms with Crippen LogP contribution in [0.4, 0.5) is 0 Å². The third-order valence-corrected chi connectivity index (χ3v) is 6.69. The molecule has 0 amide bonds. The van der Waals surface area contributed by atoms with Gasteiger partial charge in [0.15, 0.2) is 5.58 Å². The fourth-order valence-electron chi connectivity index (χ4n) is 4.79. The molecule has 0 N–H and O–H groups in total.